The molecular weight excluding hydrogens is 340 g/mol. The maximum atomic E-state index is 12.6. The molecule has 2 aromatic rings. The number of carbonyl (C=O) groups excluding carboxylic acids is 2. The molecule has 2 rings (SSSR count). The lowest BCUT2D eigenvalue weighted by Crippen LogP contribution is -2.29. The molecule has 0 aliphatic rings. The van der Waals surface area contributed by atoms with E-state index in [-0.39, 0.29) is 11.9 Å². The molecule has 0 aromatic heterocycles. The monoisotopic (exact) mass is 368 g/mol. The van der Waals surface area contributed by atoms with Crippen LogP contribution in [0.3, 0.4) is 0 Å². The van der Waals surface area contributed by atoms with Gasteiger partial charge in [-0.2, -0.15) is 0 Å². The van der Waals surface area contributed by atoms with Crippen LogP contribution in [0.5, 0.6) is 0 Å². The second-order valence-corrected chi connectivity index (χ2v) is 7.18. The van der Waals surface area contributed by atoms with E-state index < -0.39 is 0 Å². The molecule has 0 saturated carbocycles. The fourth-order valence-electron chi connectivity index (χ4n) is 2.51. The first-order valence-corrected chi connectivity index (χ1v) is 9.00. The number of hydrogen-bond acceptors (Lipinski definition) is 3. The van der Waals surface area contributed by atoms with Gasteiger partial charge in [0.05, 0.1) is 5.56 Å². The zero-order valence-electron chi connectivity index (χ0n) is 16.6. The SMILES string of the molecule is Cc1ccc(NC(=O)Nc2ccc(N(C)C)c(C(=O)NCC(C)C)c2)cc1. The average molecular weight is 368 g/mol. The number of hydrogen-bond donors (Lipinski definition) is 3. The van der Waals surface area contributed by atoms with Gasteiger partial charge in [-0.1, -0.05) is 31.5 Å². The molecular formula is C21H28N4O2. The Labute approximate surface area is 161 Å². The van der Waals surface area contributed by atoms with Crippen LogP contribution in [0.25, 0.3) is 0 Å². The standard InChI is InChI=1S/C21H28N4O2/c1-14(2)13-22-20(26)18-12-17(10-11-19(18)25(4)5)24-21(27)23-16-8-6-15(3)7-9-16/h6-12,14H,13H2,1-5H3,(H,22,26)(H2,23,24,27). The molecule has 0 heterocycles. The third-order valence-corrected chi connectivity index (χ3v) is 3.96. The van der Waals surface area contributed by atoms with Crippen LogP contribution >= 0.6 is 0 Å². The van der Waals surface area contributed by atoms with Crippen molar-refractivity contribution in [3.05, 3.63) is 53.6 Å². The fourth-order valence-corrected chi connectivity index (χ4v) is 2.51. The van der Waals surface area contributed by atoms with Gasteiger partial charge in [0.1, 0.15) is 0 Å². The van der Waals surface area contributed by atoms with E-state index in [9.17, 15) is 9.59 Å². The van der Waals surface area contributed by atoms with Crippen molar-refractivity contribution in [1.82, 2.24) is 5.32 Å². The summed E-state index contributed by atoms with van der Waals surface area (Å²) in [6, 6.07) is 12.5. The molecule has 27 heavy (non-hydrogen) atoms. The van der Waals surface area contributed by atoms with Crippen molar-refractivity contribution >= 4 is 29.0 Å². The van der Waals surface area contributed by atoms with Crippen molar-refractivity contribution in [2.75, 3.05) is 36.2 Å². The second-order valence-electron chi connectivity index (χ2n) is 7.18. The van der Waals surface area contributed by atoms with Gasteiger partial charge in [0.2, 0.25) is 0 Å². The zero-order valence-corrected chi connectivity index (χ0v) is 16.6. The molecule has 0 bridgehead atoms. The predicted molar refractivity (Wildman–Crippen MR) is 112 cm³/mol. The number of nitrogens with zero attached hydrogens (tertiary/aromatic N) is 1. The lowest BCUT2D eigenvalue weighted by Gasteiger charge is -2.19. The van der Waals surface area contributed by atoms with Crippen molar-refractivity contribution in [2.24, 2.45) is 5.92 Å². The van der Waals surface area contributed by atoms with Crippen LogP contribution < -0.4 is 20.9 Å². The molecule has 0 aliphatic heterocycles. The molecule has 0 fully saturated rings. The van der Waals surface area contributed by atoms with Crippen LogP contribution in [-0.4, -0.2) is 32.6 Å². The van der Waals surface area contributed by atoms with Crippen molar-refractivity contribution in [2.45, 2.75) is 20.8 Å². The number of nitrogens with one attached hydrogen (secondary N) is 3. The van der Waals surface area contributed by atoms with Crippen molar-refractivity contribution in [1.29, 1.82) is 0 Å². The van der Waals surface area contributed by atoms with Crippen LogP contribution in [0, 0.1) is 12.8 Å². The fraction of sp³-hybridized carbons (Fsp3) is 0.333. The summed E-state index contributed by atoms with van der Waals surface area (Å²) >= 11 is 0. The summed E-state index contributed by atoms with van der Waals surface area (Å²) < 4.78 is 0. The molecule has 0 radical (unpaired) electrons. The highest BCUT2D eigenvalue weighted by Crippen LogP contribution is 2.23. The van der Waals surface area contributed by atoms with Gasteiger partial charge in [0.15, 0.2) is 0 Å². The highest BCUT2D eigenvalue weighted by Gasteiger charge is 2.15. The van der Waals surface area contributed by atoms with E-state index >= 15 is 0 Å². The van der Waals surface area contributed by atoms with Crippen LogP contribution in [0.4, 0.5) is 21.9 Å². The van der Waals surface area contributed by atoms with E-state index in [4.69, 9.17) is 0 Å². The Morgan fingerprint density at radius 3 is 2.15 bits per heavy atom. The van der Waals surface area contributed by atoms with E-state index in [0.29, 0.717) is 29.4 Å². The van der Waals surface area contributed by atoms with Crippen LogP contribution in [0.2, 0.25) is 0 Å². The van der Waals surface area contributed by atoms with E-state index in [2.05, 4.69) is 16.0 Å². The number of rotatable bonds is 6. The van der Waals surface area contributed by atoms with E-state index in [1.807, 2.05) is 70.1 Å². The third-order valence-electron chi connectivity index (χ3n) is 3.96. The van der Waals surface area contributed by atoms with Crippen molar-refractivity contribution in [3.8, 4) is 0 Å². The summed E-state index contributed by atoms with van der Waals surface area (Å²) in [5.41, 5.74) is 3.70. The molecule has 0 spiro atoms. The van der Waals surface area contributed by atoms with Gasteiger partial charge in [-0.25, -0.2) is 4.79 Å². The molecule has 3 amide bonds. The minimum atomic E-state index is -0.356. The number of urea groups is 1. The molecule has 0 aliphatic carbocycles. The first-order valence-electron chi connectivity index (χ1n) is 9.00. The Morgan fingerprint density at radius 1 is 0.963 bits per heavy atom. The highest BCUT2D eigenvalue weighted by atomic mass is 16.2. The summed E-state index contributed by atoms with van der Waals surface area (Å²) in [5.74, 6) is 0.202. The quantitative estimate of drug-likeness (QED) is 0.719. The minimum absolute atomic E-state index is 0.157. The van der Waals surface area contributed by atoms with Crippen molar-refractivity contribution in [3.63, 3.8) is 0 Å². The van der Waals surface area contributed by atoms with Gasteiger partial charge >= 0.3 is 6.03 Å². The zero-order chi connectivity index (χ0) is 20.0. The average Bonchev–Trinajstić information content (AvgIpc) is 2.61. The van der Waals surface area contributed by atoms with Gasteiger partial charge in [0.25, 0.3) is 5.91 Å². The van der Waals surface area contributed by atoms with Gasteiger partial charge in [-0.3, -0.25) is 4.79 Å². The van der Waals surface area contributed by atoms with E-state index in [0.717, 1.165) is 11.3 Å². The Hall–Kier alpha value is -3.02. The summed E-state index contributed by atoms with van der Waals surface area (Å²) in [6.07, 6.45) is 0. The molecule has 0 unspecified atom stereocenters. The van der Waals surface area contributed by atoms with E-state index in [1.54, 1.807) is 12.1 Å². The van der Waals surface area contributed by atoms with Crippen molar-refractivity contribution < 1.29 is 9.59 Å². The second kappa shape index (κ2) is 9.07. The van der Waals surface area contributed by atoms with Crippen LogP contribution in [-0.2, 0) is 0 Å². The normalized spacial score (nSPS) is 10.4. The maximum Gasteiger partial charge on any atom is 0.323 e. The molecule has 0 atom stereocenters. The molecule has 3 N–H and O–H groups in total. The van der Waals surface area contributed by atoms with Gasteiger partial charge < -0.3 is 20.9 Å². The predicted octanol–water partition coefficient (Wildman–Crippen LogP) is 4.09. The summed E-state index contributed by atoms with van der Waals surface area (Å²) in [5, 5.41) is 8.49. The third kappa shape index (κ3) is 6.02. The lowest BCUT2D eigenvalue weighted by atomic mass is 10.1. The number of aryl methyl sites for hydroxylation is 1. The molecule has 6 heteroatoms. The number of benzene rings is 2. The summed E-state index contributed by atoms with van der Waals surface area (Å²) in [7, 11) is 3.76. The molecule has 0 saturated heterocycles. The Balaban J connectivity index is 2.14. The van der Waals surface area contributed by atoms with Gasteiger partial charge in [-0.15, -0.1) is 0 Å². The number of carbonyl (C=O) groups is 2. The Kier molecular flexibility index (Phi) is 6.82. The summed E-state index contributed by atoms with van der Waals surface area (Å²) in [6.45, 7) is 6.67. The summed E-state index contributed by atoms with van der Waals surface area (Å²) in [4.78, 5) is 26.7. The first kappa shape index (κ1) is 20.3. The maximum absolute atomic E-state index is 12.6. The Morgan fingerprint density at radius 2 is 1.56 bits per heavy atom. The molecule has 6 nitrogen and oxygen atoms in total. The van der Waals surface area contributed by atoms with Crippen LogP contribution in [0.1, 0.15) is 29.8 Å². The number of amides is 3. The highest BCUT2D eigenvalue weighted by molar-refractivity contribution is 6.03. The van der Waals surface area contributed by atoms with Gasteiger partial charge in [0, 0.05) is 37.7 Å². The molecule has 144 valence electrons. The topological polar surface area (TPSA) is 73.5 Å². The Bertz CT molecular complexity index is 798. The smallest absolute Gasteiger partial charge is 0.323 e. The largest absolute Gasteiger partial charge is 0.377 e. The molecule has 2 aromatic carbocycles. The van der Waals surface area contributed by atoms with Crippen LogP contribution in [0.15, 0.2) is 42.5 Å². The minimum Gasteiger partial charge on any atom is -0.377 e. The first-order chi connectivity index (χ1) is 12.8. The number of anilines is 3. The lowest BCUT2D eigenvalue weighted by molar-refractivity contribution is 0.0949. The van der Waals surface area contributed by atoms with E-state index in [1.165, 1.54) is 0 Å². The van der Waals surface area contributed by atoms with Gasteiger partial charge in [-0.05, 0) is 43.2 Å².